The van der Waals surface area contributed by atoms with E-state index in [1.807, 2.05) is 0 Å². The maximum absolute atomic E-state index is 13.1. The maximum atomic E-state index is 13.1. The van der Waals surface area contributed by atoms with E-state index in [1.165, 1.54) is 0 Å². The van der Waals surface area contributed by atoms with Crippen molar-refractivity contribution in [2.24, 2.45) is 0 Å². The van der Waals surface area contributed by atoms with Gasteiger partial charge in [-0.1, -0.05) is 41.5 Å². The van der Waals surface area contributed by atoms with Crippen molar-refractivity contribution < 1.29 is 14.0 Å². The molecule has 3 rings (SSSR count). The molecule has 8 nitrogen and oxygen atoms in total. The Morgan fingerprint density at radius 3 is 2.31 bits per heavy atom. The molecule has 0 aromatic carbocycles. The van der Waals surface area contributed by atoms with Crippen LogP contribution in [-0.2, 0) is 14.0 Å². The molecule has 3 atom stereocenters. The van der Waals surface area contributed by atoms with Crippen molar-refractivity contribution in [2.45, 2.75) is 83.5 Å². The number of nitrogens with zero attached hydrogens (tertiary/aromatic N) is 4. The number of fused-ring (bicyclic) bond motifs is 1. The van der Waals surface area contributed by atoms with Crippen molar-refractivity contribution in [2.75, 3.05) is 5.73 Å². The summed E-state index contributed by atoms with van der Waals surface area (Å²) in [5, 5.41) is 0.0156. The second-order valence-corrected chi connectivity index (χ2v) is 14.4. The highest BCUT2D eigenvalue weighted by Gasteiger charge is 2.53. The van der Waals surface area contributed by atoms with E-state index >= 15 is 0 Å². The molecule has 2 aromatic rings. The predicted molar refractivity (Wildman–Crippen MR) is 115 cm³/mol. The summed E-state index contributed by atoms with van der Waals surface area (Å²) in [4.78, 5) is 25.6. The van der Waals surface area contributed by atoms with Gasteiger partial charge >= 0.3 is 0 Å². The summed E-state index contributed by atoms with van der Waals surface area (Å²) in [6.07, 6.45) is -0.454. The number of halogens is 1. The zero-order valence-electron chi connectivity index (χ0n) is 18.0. The van der Waals surface area contributed by atoms with Gasteiger partial charge in [-0.3, -0.25) is 9.36 Å². The predicted octanol–water partition coefficient (Wildman–Crippen LogP) is 4.11. The van der Waals surface area contributed by atoms with Crippen molar-refractivity contribution in [1.82, 2.24) is 19.5 Å². The highest BCUT2D eigenvalue weighted by molar-refractivity contribution is 6.77. The fourth-order valence-corrected chi connectivity index (χ4v) is 10.4. The van der Waals surface area contributed by atoms with Crippen LogP contribution in [0.25, 0.3) is 11.2 Å². The Kier molecular flexibility index (Phi) is 6.06. The number of aromatic nitrogens is 4. The van der Waals surface area contributed by atoms with Crippen LogP contribution in [0.15, 0.2) is 6.33 Å². The van der Waals surface area contributed by atoms with Gasteiger partial charge in [0.2, 0.25) is 13.6 Å². The average Bonchev–Trinajstić information content (AvgIpc) is 3.14. The molecule has 0 unspecified atom stereocenters. The molecule has 0 bridgehead atoms. The van der Waals surface area contributed by atoms with E-state index in [2.05, 4.69) is 56.5 Å². The van der Waals surface area contributed by atoms with Gasteiger partial charge in [0, 0.05) is 0 Å². The van der Waals surface area contributed by atoms with Crippen LogP contribution in [0.4, 0.5) is 5.82 Å². The van der Waals surface area contributed by atoms with Crippen molar-refractivity contribution in [1.29, 1.82) is 0 Å². The lowest BCUT2D eigenvalue weighted by Crippen LogP contribution is -2.52. The highest BCUT2D eigenvalue weighted by atomic mass is 35.5. The molecule has 3 heterocycles. The second-order valence-electron chi connectivity index (χ2n) is 8.63. The van der Waals surface area contributed by atoms with Crippen LogP contribution in [0, 0.1) is 0 Å². The van der Waals surface area contributed by atoms with Crippen LogP contribution in [0.5, 0.6) is 0 Å². The summed E-state index contributed by atoms with van der Waals surface area (Å²) in [6.45, 7) is 14.9. The summed E-state index contributed by atoms with van der Waals surface area (Å²) in [5.74, 6) is 0.118. The standard InChI is InChI=1S/C19H30ClN5O3Si/c1-9(2)29(10(3)4,11(5)6)28-15-14(26)12(7)27-18(15)25-8-22-13-16(21)23-19(20)24-17(13)25/h8-12,15,18H,1-7H3,(H2,21,23,24)/t12-,15+,18-/m1/s1. The number of Topliss-reactive ketones (excluding diaryl/α,β-unsaturated/α-hetero) is 1. The first-order chi connectivity index (χ1) is 13.5. The van der Waals surface area contributed by atoms with E-state index in [1.54, 1.807) is 17.8 Å². The fourth-order valence-electron chi connectivity index (χ4n) is 4.77. The third kappa shape index (κ3) is 3.58. The molecule has 1 fully saturated rings. The van der Waals surface area contributed by atoms with Crippen molar-refractivity contribution in [3.8, 4) is 0 Å². The lowest BCUT2D eigenvalue weighted by atomic mass is 10.2. The molecule has 29 heavy (non-hydrogen) atoms. The molecule has 2 aromatic heterocycles. The van der Waals surface area contributed by atoms with Crippen molar-refractivity contribution in [3.63, 3.8) is 0 Å². The lowest BCUT2D eigenvalue weighted by molar-refractivity contribution is -0.126. The zero-order valence-corrected chi connectivity index (χ0v) is 19.8. The molecular formula is C19H30ClN5O3Si. The smallest absolute Gasteiger partial charge is 0.226 e. The molecule has 1 saturated heterocycles. The average molecular weight is 440 g/mol. The first kappa shape index (κ1) is 22.1. The van der Waals surface area contributed by atoms with Gasteiger partial charge in [-0.2, -0.15) is 9.97 Å². The van der Waals surface area contributed by atoms with Crippen LogP contribution >= 0.6 is 11.6 Å². The third-order valence-corrected chi connectivity index (χ3v) is 12.3. The van der Waals surface area contributed by atoms with Crippen LogP contribution < -0.4 is 5.73 Å². The van der Waals surface area contributed by atoms with E-state index in [4.69, 9.17) is 26.5 Å². The van der Waals surface area contributed by atoms with E-state index in [0.717, 1.165) is 0 Å². The SMILES string of the molecule is CC(C)[Si](O[C@H]1C(=O)[C@@H](C)O[C@H]1n1cnc2c(N)nc(Cl)nc21)(C(C)C)C(C)C. The number of ketones is 1. The van der Waals surface area contributed by atoms with E-state index in [9.17, 15) is 4.79 Å². The van der Waals surface area contributed by atoms with Gasteiger partial charge in [0.25, 0.3) is 0 Å². The number of carbonyl (C=O) groups excluding carboxylic acids is 1. The number of carbonyl (C=O) groups is 1. The minimum atomic E-state index is -2.33. The summed E-state index contributed by atoms with van der Waals surface area (Å²) in [5.41, 5.74) is 7.78. The van der Waals surface area contributed by atoms with Gasteiger partial charge < -0.3 is 14.9 Å². The molecule has 0 radical (unpaired) electrons. The number of imidazole rings is 1. The molecule has 0 saturated carbocycles. The van der Waals surface area contributed by atoms with Gasteiger partial charge in [0.15, 0.2) is 29.6 Å². The number of rotatable bonds is 6. The Morgan fingerprint density at radius 2 is 1.76 bits per heavy atom. The first-order valence-electron chi connectivity index (χ1n) is 10.0. The van der Waals surface area contributed by atoms with Crippen LogP contribution in [0.2, 0.25) is 21.9 Å². The minimum absolute atomic E-state index is 0.0156. The Hall–Kier alpha value is -1.55. The Labute approximate surface area is 177 Å². The van der Waals surface area contributed by atoms with Gasteiger partial charge in [-0.15, -0.1) is 0 Å². The number of hydrogen-bond donors (Lipinski definition) is 1. The normalized spacial score (nSPS) is 23.3. The molecule has 0 amide bonds. The molecule has 0 spiro atoms. The third-order valence-electron chi connectivity index (χ3n) is 6.02. The molecule has 1 aliphatic heterocycles. The minimum Gasteiger partial charge on any atom is -0.402 e. The molecular weight excluding hydrogens is 410 g/mol. The number of nitrogen functional groups attached to an aromatic ring is 1. The fraction of sp³-hybridized carbons (Fsp3) is 0.684. The van der Waals surface area contributed by atoms with E-state index in [0.29, 0.717) is 27.8 Å². The largest absolute Gasteiger partial charge is 0.402 e. The maximum Gasteiger partial charge on any atom is 0.226 e. The first-order valence-corrected chi connectivity index (χ1v) is 12.5. The number of hydrogen-bond acceptors (Lipinski definition) is 7. The number of anilines is 1. The van der Waals surface area contributed by atoms with E-state index in [-0.39, 0.29) is 16.9 Å². The van der Waals surface area contributed by atoms with Gasteiger partial charge in [-0.25, -0.2) is 4.98 Å². The Bertz CT molecular complexity index is 895. The highest BCUT2D eigenvalue weighted by Crippen LogP contribution is 2.45. The summed E-state index contributed by atoms with van der Waals surface area (Å²) < 4.78 is 14.5. The summed E-state index contributed by atoms with van der Waals surface area (Å²) >= 11 is 6.01. The lowest BCUT2D eigenvalue weighted by Gasteiger charge is -2.44. The van der Waals surface area contributed by atoms with Gasteiger partial charge in [-0.05, 0) is 35.1 Å². The van der Waals surface area contributed by atoms with Crippen molar-refractivity contribution in [3.05, 3.63) is 11.6 Å². The van der Waals surface area contributed by atoms with Gasteiger partial charge in [0.1, 0.15) is 11.6 Å². The molecule has 160 valence electrons. The van der Waals surface area contributed by atoms with E-state index < -0.39 is 26.8 Å². The molecule has 1 aliphatic rings. The van der Waals surface area contributed by atoms with Gasteiger partial charge in [0.05, 0.1) is 6.33 Å². The number of nitrogens with two attached hydrogens (primary N) is 1. The molecule has 2 N–H and O–H groups in total. The topological polar surface area (TPSA) is 105 Å². The Balaban J connectivity index is 2.09. The number of ether oxygens (including phenoxy) is 1. The van der Waals surface area contributed by atoms with Crippen molar-refractivity contribution >= 4 is 42.7 Å². The van der Waals surface area contributed by atoms with Crippen LogP contribution in [0.1, 0.15) is 54.7 Å². The summed E-state index contributed by atoms with van der Waals surface area (Å²) in [6, 6.07) is 0. The summed E-state index contributed by atoms with van der Waals surface area (Å²) in [7, 11) is -2.33. The van der Waals surface area contributed by atoms with Crippen LogP contribution in [-0.4, -0.2) is 45.8 Å². The quantitative estimate of drug-likeness (QED) is 0.533. The second kappa shape index (κ2) is 7.94. The zero-order chi connectivity index (χ0) is 21.7. The Morgan fingerprint density at radius 1 is 1.17 bits per heavy atom. The molecule has 10 heteroatoms. The monoisotopic (exact) mass is 439 g/mol. The van der Waals surface area contributed by atoms with Crippen LogP contribution in [0.3, 0.4) is 0 Å². The molecule has 0 aliphatic carbocycles.